The van der Waals surface area contributed by atoms with Gasteiger partial charge in [0.05, 0.1) is 11.2 Å². The molecule has 1 atom stereocenters. The highest BCUT2D eigenvalue weighted by Gasteiger charge is 2.45. The van der Waals surface area contributed by atoms with Crippen LogP contribution in [0.3, 0.4) is 0 Å². The number of amides is 3. The Balaban J connectivity index is 0.993. The fourth-order valence-electron chi connectivity index (χ4n) is 7.81. The second-order valence-electron chi connectivity index (χ2n) is 15.0. The Labute approximate surface area is 269 Å². The van der Waals surface area contributed by atoms with E-state index in [1.807, 2.05) is 20.8 Å². The molecule has 4 aliphatic rings. The second kappa shape index (κ2) is 12.3. The van der Waals surface area contributed by atoms with Crippen molar-refractivity contribution in [3.63, 3.8) is 0 Å². The van der Waals surface area contributed by atoms with Crippen LogP contribution in [-0.4, -0.2) is 99.8 Å². The van der Waals surface area contributed by atoms with Gasteiger partial charge < -0.3 is 19.9 Å². The van der Waals surface area contributed by atoms with Gasteiger partial charge in [-0.2, -0.15) is 0 Å². The first-order valence-electron chi connectivity index (χ1n) is 16.7. The van der Waals surface area contributed by atoms with Crippen LogP contribution in [0.5, 0.6) is 0 Å². The number of aryl methyl sites for hydroxylation is 1. The second-order valence-corrected chi connectivity index (χ2v) is 15.0. The lowest BCUT2D eigenvalue weighted by molar-refractivity contribution is -0.135. The average molecular weight is 642 g/mol. The lowest BCUT2D eigenvalue weighted by atomic mass is 9.73. The lowest BCUT2D eigenvalue weighted by Gasteiger charge is -2.52. The van der Waals surface area contributed by atoms with Crippen LogP contribution in [0.4, 0.5) is 14.9 Å². The van der Waals surface area contributed by atoms with Gasteiger partial charge in [-0.25, -0.2) is 14.0 Å². The van der Waals surface area contributed by atoms with Crippen molar-refractivity contribution >= 4 is 34.6 Å². The number of nitrogens with zero attached hydrogens (tertiary/aromatic N) is 5. The van der Waals surface area contributed by atoms with Gasteiger partial charge in [0, 0.05) is 70.9 Å². The number of hydrogen-bond acceptors (Lipinski definition) is 8. The van der Waals surface area contributed by atoms with E-state index in [9.17, 15) is 19.2 Å². The van der Waals surface area contributed by atoms with E-state index in [1.54, 1.807) is 12.1 Å². The first kappa shape index (κ1) is 32.5. The number of carbonyl (C=O) groups is 3. The van der Waals surface area contributed by atoms with Gasteiger partial charge in [0.2, 0.25) is 11.8 Å². The van der Waals surface area contributed by atoms with Crippen molar-refractivity contribution in [1.82, 2.24) is 29.6 Å². The molecule has 2 N–H and O–H groups in total. The van der Waals surface area contributed by atoms with Crippen molar-refractivity contribution in [3.05, 3.63) is 28.4 Å². The van der Waals surface area contributed by atoms with E-state index in [2.05, 4.69) is 32.3 Å². The van der Waals surface area contributed by atoms with E-state index in [0.29, 0.717) is 23.2 Å². The number of alkyl carbamates (subject to hydrolysis) is 1. The minimum atomic E-state index is -0.841. The van der Waals surface area contributed by atoms with Gasteiger partial charge in [-0.05, 0) is 77.8 Å². The lowest BCUT2D eigenvalue weighted by Crippen LogP contribution is -2.64. The largest absolute Gasteiger partial charge is 0.444 e. The summed E-state index contributed by atoms with van der Waals surface area (Å²) in [5.74, 6) is -0.804. The van der Waals surface area contributed by atoms with Crippen molar-refractivity contribution < 1.29 is 23.5 Å². The maximum absolute atomic E-state index is 16.0. The van der Waals surface area contributed by atoms with Crippen LogP contribution in [0, 0.1) is 11.7 Å². The summed E-state index contributed by atoms with van der Waals surface area (Å²) in [5, 5.41) is 5.36. The van der Waals surface area contributed by atoms with Gasteiger partial charge in [0.25, 0.3) is 0 Å². The number of nitrogens with one attached hydrogen (secondary N) is 2. The smallest absolute Gasteiger partial charge is 0.408 e. The summed E-state index contributed by atoms with van der Waals surface area (Å²) in [6, 6.07) is 3.08. The molecule has 1 aliphatic carbocycles. The Kier molecular flexibility index (Phi) is 8.68. The average Bonchev–Trinajstić information content (AvgIpc) is 3.22. The molecule has 0 unspecified atom stereocenters. The number of fused-ring (bicyclic) bond motifs is 1. The van der Waals surface area contributed by atoms with E-state index in [0.717, 1.165) is 71.5 Å². The molecule has 2 aromatic rings. The number of piperidine rings is 2. The third-order valence-corrected chi connectivity index (χ3v) is 10.3. The van der Waals surface area contributed by atoms with Crippen LogP contribution in [0.15, 0.2) is 16.9 Å². The zero-order valence-electron chi connectivity index (χ0n) is 27.7. The molecule has 0 spiro atoms. The number of carbonyl (C=O) groups excluding carboxylic acids is 3. The van der Waals surface area contributed by atoms with Crippen molar-refractivity contribution in [3.8, 4) is 0 Å². The standard InChI is InChI=1S/C33H48FN7O5/c1-32(2,3)46-30(44)36-33(4)18-22(19-33)39-16-14-38(15-17-39)20-21-10-12-40(13-11-21)23-6-7-24-28(27(23)34)37(5)31(45)41(24)25-8-9-26(42)35-29(25)43/h6-7,21-22,25H,8-20H2,1-5H3,(H,36,44)(H,35,42,43)/t22?,25-,33?/m0/s1. The predicted octanol–water partition coefficient (Wildman–Crippen LogP) is 2.74. The third-order valence-electron chi connectivity index (χ3n) is 10.3. The topological polar surface area (TPSA) is 121 Å². The highest BCUT2D eigenvalue weighted by atomic mass is 19.1. The number of imide groups is 1. The molecule has 3 amide bonds. The minimum absolute atomic E-state index is 0.138. The molecule has 1 aromatic carbocycles. The number of halogens is 1. The molecule has 1 aromatic heterocycles. The van der Waals surface area contributed by atoms with Crippen LogP contribution in [0.2, 0.25) is 0 Å². The van der Waals surface area contributed by atoms with E-state index in [-0.39, 0.29) is 35.9 Å². The van der Waals surface area contributed by atoms with Crippen molar-refractivity contribution in [2.24, 2.45) is 13.0 Å². The van der Waals surface area contributed by atoms with Crippen molar-refractivity contribution in [2.45, 2.75) is 89.4 Å². The molecule has 13 heteroatoms. The molecule has 6 rings (SSSR count). The van der Waals surface area contributed by atoms with Gasteiger partial charge in [-0.3, -0.25) is 28.9 Å². The molecule has 12 nitrogen and oxygen atoms in total. The maximum atomic E-state index is 16.0. The fraction of sp³-hybridized carbons (Fsp3) is 0.697. The molecular formula is C33H48FN7O5. The Morgan fingerprint density at radius 1 is 1.04 bits per heavy atom. The summed E-state index contributed by atoms with van der Waals surface area (Å²) >= 11 is 0. The summed E-state index contributed by atoms with van der Waals surface area (Å²) in [5.41, 5.74) is -0.167. The molecule has 0 radical (unpaired) electrons. The van der Waals surface area contributed by atoms with E-state index in [4.69, 9.17) is 4.74 Å². The van der Waals surface area contributed by atoms with E-state index in [1.165, 1.54) is 16.2 Å². The Hall–Kier alpha value is -3.45. The van der Waals surface area contributed by atoms with Gasteiger partial charge in [0.15, 0.2) is 5.82 Å². The molecule has 3 saturated heterocycles. The first-order valence-corrected chi connectivity index (χ1v) is 16.7. The first-order chi connectivity index (χ1) is 21.7. The summed E-state index contributed by atoms with van der Waals surface area (Å²) in [6.45, 7) is 14.3. The van der Waals surface area contributed by atoms with E-state index >= 15 is 4.39 Å². The number of imidazole rings is 1. The normalized spacial score (nSPS) is 27.0. The molecule has 0 bridgehead atoms. The van der Waals surface area contributed by atoms with Gasteiger partial charge in [0.1, 0.15) is 17.2 Å². The molecule has 252 valence electrons. The summed E-state index contributed by atoms with van der Waals surface area (Å²) in [4.78, 5) is 56.7. The predicted molar refractivity (Wildman–Crippen MR) is 172 cm³/mol. The molecule has 4 heterocycles. The quantitative estimate of drug-likeness (QED) is 0.462. The molecule has 46 heavy (non-hydrogen) atoms. The van der Waals surface area contributed by atoms with Crippen molar-refractivity contribution in [2.75, 3.05) is 50.7 Å². The summed E-state index contributed by atoms with van der Waals surface area (Å²) in [7, 11) is 1.52. The number of hydrogen-bond donors (Lipinski definition) is 2. The highest BCUT2D eigenvalue weighted by molar-refractivity contribution is 6.00. The molecular weight excluding hydrogens is 593 g/mol. The minimum Gasteiger partial charge on any atom is -0.444 e. The summed E-state index contributed by atoms with van der Waals surface area (Å²) < 4.78 is 24.0. The maximum Gasteiger partial charge on any atom is 0.408 e. The summed E-state index contributed by atoms with van der Waals surface area (Å²) in [6.07, 6.45) is 3.80. The number of benzene rings is 1. The number of aromatic nitrogens is 2. The molecule has 1 saturated carbocycles. The van der Waals surface area contributed by atoms with Gasteiger partial charge in [-0.1, -0.05) is 0 Å². The monoisotopic (exact) mass is 641 g/mol. The van der Waals surface area contributed by atoms with Crippen LogP contribution < -0.4 is 21.2 Å². The number of piperazine rings is 1. The Bertz CT molecular complexity index is 1560. The van der Waals surface area contributed by atoms with Crippen molar-refractivity contribution in [1.29, 1.82) is 0 Å². The zero-order chi connectivity index (χ0) is 33.0. The SMILES string of the molecule is Cn1c(=O)n([C@H]2CCC(=O)NC2=O)c2ccc(N3CCC(CN4CCN(C5CC(C)(NC(=O)OC(C)(C)C)C5)CC4)CC3)c(F)c21. The van der Waals surface area contributed by atoms with Gasteiger partial charge >= 0.3 is 11.8 Å². The third kappa shape index (κ3) is 6.53. The van der Waals surface area contributed by atoms with Crippen LogP contribution in [0.1, 0.15) is 72.3 Å². The van der Waals surface area contributed by atoms with Gasteiger partial charge in [-0.15, -0.1) is 0 Å². The number of ether oxygens (including phenoxy) is 1. The Morgan fingerprint density at radius 2 is 1.72 bits per heavy atom. The number of rotatable bonds is 6. The number of anilines is 1. The molecule has 3 aliphatic heterocycles. The Morgan fingerprint density at radius 3 is 2.35 bits per heavy atom. The highest BCUT2D eigenvalue weighted by Crippen LogP contribution is 2.37. The molecule has 4 fully saturated rings. The van der Waals surface area contributed by atoms with E-state index < -0.39 is 29.1 Å². The van der Waals surface area contributed by atoms with Crippen LogP contribution in [0.25, 0.3) is 11.0 Å². The van der Waals surface area contributed by atoms with Crippen LogP contribution >= 0.6 is 0 Å². The fourth-order valence-corrected chi connectivity index (χ4v) is 7.81. The zero-order valence-corrected chi connectivity index (χ0v) is 27.7. The van der Waals surface area contributed by atoms with Crippen LogP contribution in [-0.2, 0) is 21.4 Å².